The Bertz CT molecular complexity index is 1130. The van der Waals surface area contributed by atoms with Gasteiger partial charge in [-0.25, -0.2) is 9.18 Å². The van der Waals surface area contributed by atoms with Gasteiger partial charge in [0.15, 0.2) is 0 Å². The van der Waals surface area contributed by atoms with Gasteiger partial charge in [-0.2, -0.15) is 0 Å². The molecular weight excluding hydrogens is 419 g/mol. The van der Waals surface area contributed by atoms with E-state index < -0.39 is 17.5 Å². The van der Waals surface area contributed by atoms with Crippen molar-refractivity contribution in [3.63, 3.8) is 0 Å². The highest BCUT2D eigenvalue weighted by Crippen LogP contribution is 2.20. The third-order valence-electron chi connectivity index (χ3n) is 4.46. The molecule has 0 saturated heterocycles. The molecule has 0 aliphatic carbocycles. The molecule has 0 fully saturated rings. The minimum absolute atomic E-state index is 0.105. The zero-order chi connectivity index (χ0) is 22.6. The van der Waals surface area contributed by atoms with Crippen LogP contribution in [0.25, 0.3) is 11.1 Å². The summed E-state index contributed by atoms with van der Waals surface area (Å²) in [5.74, 6) is -0.452. The minimum atomic E-state index is -0.550. The molecule has 3 rings (SSSR count). The number of hydrogen-bond acceptors (Lipinski definition) is 3. The molecule has 1 heterocycles. The highest BCUT2D eigenvalue weighted by molar-refractivity contribution is 6.30. The number of rotatable bonds is 5. The van der Waals surface area contributed by atoms with Crippen LogP contribution in [0.1, 0.15) is 31.9 Å². The summed E-state index contributed by atoms with van der Waals surface area (Å²) in [4.78, 5) is 24.0. The average molecular weight is 443 g/mol. The number of nitrogens with one attached hydrogen (secondary N) is 1. The Balaban J connectivity index is 1.72. The van der Waals surface area contributed by atoms with E-state index in [1.54, 1.807) is 24.4 Å². The SMILES string of the molecule is CC(C)(C)OC(=O)NCc1ccc(-c2ccc(=O)n(Cc3ccc(Cl)cc3F)c2)cc1. The molecule has 0 unspecified atom stereocenters. The van der Waals surface area contributed by atoms with Crippen LogP contribution < -0.4 is 10.9 Å². The molecule has 0 aliphatic rings. The van der Waals surface area contributed by atoms with Crippen molar-refractivity contribution in [1.29, 1.82) is 0 Å². The van der Waals surface area contributed by atoms with Crippen LogP contribution in [-0.2, 0) is 17.8 Å². The molecule has 1 N–H and O–H groups in total. The summed E-state index contributed by atoms with van der Waals surface area (Å²) in [6.45, 7) is 5.87. The first-order valence-corrected chi connectivity index (χ1v) is 10.2. The largest absolute Gasteiger partial charge is 0.444 e. The fraction of sp³-hybridized carbons (Fsp3) is 0.250. The van der Waals surface area contributed by atoms with Crippen molar-refractivity contribution in [2.45, 2.75) is 39.5 Å². The summed E-state index contributed by atoms with van der Waals surface area (Å²) in [5, 5.41) is 3.03. The van der Waals surface area contributed by atoms with E-state index in [0.29, 0.717) is 17.1 Å². The predicted molar refractivity (Wildman–Crippen MR) is 120 cm³/mol. The Labute approximate surface area is 185 Å². The maximum Gasteiger partial charge on any atom is 0.407 e. The Kier molecular flexibility index (Phi) is 6.81. The second-order valence-electron chi connectivity index (χ2n) is 8.17. The summed E-state index contributed by atoms with van der Waals surface area (Å²) in [6.07, 6.45) is 1.22. The van der Waals surface area contributed by atoms with Gasteiger partial charge >= 0.3 is 6.09 Å². The molecular formula is C24H24ClFN2O3. The van der Waals surface area contributed by atoms with Crippen LogP contribution in [0, 0.1) is 5.82 Å². The number of hydrogen-bond donors (Lipinski definition) is 1. The monoisotopic (exact) mass is 442 g/mol. The summed E-state index contributed by atoms with van der Waals surface area (Å²) < 4.78 is 20.8. The molecule has 7 heteroatoms. The van der Waals surface area contributed by atoms with Crippen molar-refractivity contribution < 1.29 is 13.9 Å². The number of carbonyl (C=O) groups is 1. The Morgan fingerprint density at radius 3 is 2.39 bits per heavy atom. The molecule has 0 aliphatic heterocycles. The first-order chi connectivity index (χ1) is 14.6. The second kappa shape index (κ2) is 9.35. The van der Waals surface area contributed by atoms with Crippen molar-refractivity contribution in [3.8, 4) is 11.1 Å². The van der Waals surface area contributed by atoms with Gasteiger partial charge in [0.2, 0.25) is 0 Å². The molecule has 0 atom stereocenters. The van der Waals surface area contributed by atoms with Gasteiger partial charge in [-0.1, -0.05) is 41.9 Å². The topological polar surface area (TPSA) is 60.3 Å². The molecule has 1 aromatic heterocycles. The highest BCUT2D eigenvalue weighted by atomic mass is 35.5. The fourth-order valence-electron chi connectivity index (χ4n) is 2.96. The lowest BCUT2D eigenvalue weighted by atomic mass is 10.1. The molecule has 1 amide bonds. The lowest BCUT2D eigenvalue weighted by Crippen LogP contribution is -2.32. The van der Waals surface area contributed by atoms with Gasteiger partial charge in [-0.3, -0.25) is 4.79 Å². The van der Waals surface area contributed by atoms with Gasteiger partial charge in [0.05, 0.1) is 6.54 Å². The molecule has 2 aromatic carbocycles. The number of aromatic nitrogens is 1. The zero-order valence-electron chi connectivity index (χ0n) is 17.6. The van der Waals surface area contributed by atoms with Gasteiger partial charge < -0.3 is 14.6 Å². The maximum atomic E-state index is 14.1. The second-order valence-corrected chi connectivity index (χ2v) is 8.61. The normalized spacial score (nSPS) is 11.3. The molecule has 31 heavy (non-hydrogen) atoms. The van der Waals surface area contributed by atoms with Crippen LogP contribution in [0.15, 0.2) is 65.6 Å². The quantitative estimate of drug-likeness (QED) is 0.577. The van der Waals surface area contributed by atoms with Gasteiger partial charge in [0, 0.05) is 29.4 Å². The van der Waals surface area contributed by atoms with Crippen LogP contribution in [-0.4, -0.2) is 16.3 Å². The molecule has 0 bridgehead atoms. The Morgan fingerprint density at radius 1 is 1.06 bits per heavy atom. The summed E-state index contributed by atoms with van der Waals surface area (Å²) in [6, 6.07) is 15.2. The van der Waals surface area contributed by atoms with E-state index in [-0.39, 0.29) is 12.1 Å². The Hall–Kier alpha value is -3.12. The lowest BCUT2D eigenvalue weighted by Gasteiger charge is -2.19. The van der Waals surface area contributed by atoms with E-state index in [1.807, 2.05) is 45.0 Å². The van der Waals surface area contributed by atoms with Crippen LogP contribution in [0.5, 0.6) is 0 Å². The maximum absolute atomic E-state index is 14.1. The van der Waals surface area contributed by atoms with Crippen molar-refractivity contribution in [2.24, 2.45) is 0 Å². The van der Waals surface area contributed by atoms with E-state index >= 15 is 0 Å². The van der Waals surface area contributed by atoms with E-state index in [1.165, 1.54) is 16.7 Å². The van der Waals surface area contributed by atoms with Gasteiger partial charge in [-0.05, 0) is 55.7 Å². The van der Waals surface area contributed by atoms with Crippen LogP contribution >= 0.6 is 11.6 Å². The molecule has 0 radical (unpaired) electrons. The van der Waals surface area contributed by atoms with Gasteiger partial charge in [0.1, 0.15) is 11.4 Å². The average Bonchev–Trinajstić information content (AvgIpc) is 2.69. The summed E-state index contributed by atoms with van der Waals surface area (Å²) in [5.41, 5.74) is 2.23. The fourth-order valence-corrected chi connectivity index (χ4v) is 3.12. The Morgan fingerprint density at radius 2 is 1.74 bits per heavy atom. The highest BCUT2D eigenvalue weighted by Gasteiger charge is 2.15. The third kappa shape index (κ3) is 6.43. The van der Waals surface area contributed by atoms with Crippen LogP contribution in [0.3, 0.4) is 0 Å². The molecule has 3 aromatic rings. The standard InChI is InChI=1S/C24H24ClFN2O3/c1-24(2,3)31-23(30)27-13-16-4-6-17(7-5-16)18-9-11-22(29)28(14-18)15-19-8-10-20(25)12-21(19)26/h4-12,14H,13,15H2,1-3H3,(H,27,30). The van der Waals surface area contributed by atoms with Gasteiger partial charge in [0.25, 0.3) is 5.56 Å². The molecule has 0 saturated carbocycles. The number of ether oxygens (including phenoxy) is 1. The van der Waals surface area contributed by atoms with E-state index in [0.717, 1.165) is 16.7 Å². The predicted octanol–water partition coefficient (Wildman–Crippen LogP) is 5.38. The first-order valence-electron chi connectivity index (χ1n) is 9.81. The van der Waals surface area contributed by atoms with E-state index in [4.69, 9.17) is 16.3 Å². The zero-order valence-corrected chi connectivity index (χ0v) is 18.4. The number of amides is 1. The van der Waals surface area contributed by atoms with E-state index in [2.05, 4.69) is 5.32 Å². The number of pyridine rings is 1. The van der Waals surface area contributed by atoms with Crippen LogP contribution in [0.4, 0.5) is 9.18 Å². The lowest BCUT2D eigenvalue weighted by molar-refractivity contribution is 0.0523. The number of carbonyl (C=O) groups excluding carboxylic acids is 1. The number of alkyl carbamates (subject to hydrolysis) is 1. The number of nitrogens with zero attached hydrogens (tertiary/aromatic N) is 1. The van der Waals surface area contributed by atoms with Gasteiger partial charge in [-0.15, -0.1) is 0 Å². The molecule has 0 spiro atoms. The summed E-state index contributed by atoms with van der Waals surface area (Å²) in [7, 11) is 0. The first kappa shape index (κ1) is 22.6. The van der Waals surface area contributed by atoms with Crippen LogP contribution in [0.2, 0.25) is 5.02 Å². The van der Waals surface area contributed by atoms with Crippen molar-refractivity contribution in [1.82, 2.24) is 9.88 Å². The number of halogens is 2. The van der Waals surface area contributed by atoms with Crippen molar-refractivity contribution in [3.05, 3.63) is 93.1 Å². The van der Waals surface area contributed by atoms with Crippen molar-refractivity contribution >= 4 is 17.7 Å². The molecule has 5 nitrogen and oxygen atoms in total. The smallest absolute Gasteiger partial charge is 0.407 e. The van der Waals surface area contributed by atoms with Crippen molar-refractivity contribution in [2.75, 3.05) is 0 Å². The minimum Gasteiger partial charge on any atom is -0.444 e. The van der Waals surface area contributed by atoms with E-state index in [9.17, 15) is 14.0 Å². The summed E-state index contributed by atoms with van der Waals surface area (Å²) >= 11 is 5.80. The third-order valence-corrected chi connectivity index (χ3v) is 4.70. The molecule has 162 valence electrons. The number of benzene rings is 2.